The minimum atomic E-state index is -0.812. The van der Waals surface area contributed by atoms with E-state index in [1.807, 2.05) is 12.3 Å². The molecule has 20 heavy (non-hydrogen) atoms. The van der Waals surface area contributed by atoms with E-state index < -0.39 is 5.97 Å². The molecule has 0 unspecified atom stereocenters. The van der Waals surface area contributed by atoms with Gasteiger partial charge in [0.25, 0.3) is 0 Å². The van der Waals surface area contributed by atoms with Crippen LogP contribution in [-0.4, -0.2) is 53.1 Å². The fourth-order valence-corrected chi connectivity index (χ4v) is 2.55. The average Bonchev–Trinajstić information content (AvgIpc) is 2.48. The normalized spacial score (nSPS) is 16.4. The first kappa shape index (κ1) is 15.1. The molecule has 0 bridgehead atoms. The quantitative estimate of drug-likeness (QED) is 0.632. The molecule has 0 atom stereocenters. The second-order valence-electron chi connectivity index (χ2n) is 4.62. The smallest absolute Gasteiger partial charge is 0.305 e. The number of hydrogen-bond donors (Lipinski definition) is 1. The molecule has 1 fully saturated rings. The summed E-state index contributed by atoms with van der Waals surface area (Å²) in [5, 5.41) is 9.55. The van der Waals surface area contributed by atoms with E-state index in [4.69, 9.17) is 9.84 Å². The number of nitrogens with zero attached hydrogens (tertiary/aromatic N) is 3. The van der Waals surface area contributed by atoms with Gasteiger partial charge in [-0.25, -0.2) is 9.97 Å². The first-order chi connectivity index (χ1) is 9.69. The van der Waals surface area contributed by atoms with Crippen LogP contribution in [0, 0.1) is 0 Å². The minimum absolute atomic E-state index is 0.0726. The van der Waals surface area contributed by atoms with E-state index in [-0.39, 0.29) is 12.5 Å². The van der Waals surface area contributed by atoms with E-state index in [0.29, 0.717) is 6.61 Å². The summed E-state index contributed by atoms with van der Waals surface area (Å²) in [5.41, 5.74) is 0. The van der Waals surface area contributed by atoms with Crippen LogP contribution in [0.1, 0.15) is 19.3 Å². The number of carboxylic acids is 1. The number of ether oxygens (including phenoxy) is 1. The van der Waals surface area contributed by atoms with E-state index in [2.05, 4.69) is 14.9 Å². The van der Waals surface area contributed by atoms with Crippen LogP contribution in [0.4, 0.5) is 5.82 Å². The van der Waals surface area contributed by atoms with Crippen LogP contribution in [0.2, 0.25) is 0 Å². The van der Waals surface area contributed by atoms with E-state index in [9.17, 15) is 4.79 Å². The topological polar surface area (TPSA) is 75.5 Å². The number of aromatic nitrogens is 2. The molecule has 0 aromatic carbocycles. The van der Waals surface area contributed by atoms with Gasteiger partial charge in [-0.15, -0.1) is 11.8 Å². The molecule has 0 spiro atoms. The van der Waals surface area contributed by atoms with Crippen LogP contribution in [0.15, 0.2) is 17.4 Å². The molecule has 110 valence electrons. The van der Waals surface area contributed by atoms with Crippen LogP contribution >= 0.6 is 11.8 Å². The minimum Gasteiger partial charge on any atom is -0.481 e. The van der Waals surface area contributed by atoms with Crippen LogP contribution in [0.25, 0.3) is 0 Å². The molecule has 0 saturated carbocycles. The van der Waals surface area contributed by atoms with Crippen molar-refractivity contribution in [1.29, 1.82) is 0 Å². The summed E-state index contributed by atoms with van der Waals surface area (Å²) in [7, 11) is 0. The summed E-state index contributed by atoms with van der Waals surface area (Å²) >= 11 is 1.60. The zero-order valence-corrected chi connectivity index (χ0v) is 12.3. The van der Waals surface area contributed by atoms with Gasteiger partial charge in [-0.3, -0.25) is 4.79 Å². The van der Waals surface area contributed by atoms with Crippen molar-refractivity contribution >= 4 is 23.5 Å². The Morgan fingerprint density at radius 3 is 2.90 bits per heavy atom. The van der Waals surface area contributed by atoms with Crippen molar-refractivity contribution in [2.24, 2.45) is 0 Å². The highest BCUT2D eigenvalue weighted by Gasteiger charge is 2.21. The number of hydrogen-bond acceptors (Lipinski definition) is 6. The number of thioether (sulfide) groups is 1. The van der Waals surface area contributed by atoms with E-state index in [1.54, 1.807) is 18.1 Å². The highest BCUT2D eigenvalue weighted by atomic mass is 32.2. The van der Waals surface area contributed by atoms with Gasteiger partial charge in [-0.05, 0) is 19.1 Å². The maximum atomic E-state index is 10.4. The molecule has 1 aromatic rings. The van der Waals surface area contributed by atoms with Gasteiger partial charge in [0, 0.05) is 19.2 Å². The summed E-state index contributed by atoms with van der Waals surface area (Å²) in [6.07, 6.45) is 5.62. The summed E-state index contributed by atoms with van der Waals surface area (Å²) in [4.78, 5) is 21.1. The van der Waals surface area contributed by atoms with Crippen LogP contribution in [-0.2, 0) is 9.53 Å². The standard InChI is InChI=1S/C13H19N3O3S/c1-20-12-8-11(14-9-15-12)16-5-2-10(3-6-16)19-7-4-13(17)18/h8-10H,2-7H2,1H3,(H,17,18). The molecule has 1 saturated heterocycles. The third kappa shape index (κ3) is 4.35. The van der Waals surface area contributed by atoms with E-state index in [0.717, 1.165) is 36.8 Å². The first-order valence-corrected chi connectivity index (χ1v) is 7.86. The summed E-state index contributed by atoms with van der Waals surface area (Å²) in [6.45, 7) is 2.05. The van der Waals surface area contributed by atoms with Crippen LogP contribution in [0.3, 0.4) is 0 Å². The first-order valence-electron chi connectivity index (χ1n) is 6.63. The number of carbonyl (C=O) groups is 1. The summed E-state index contributed by atoms with van der Waals surface area (Å²) < 4.78 is 5.58. The van der Waals surface area contributed by atoms with Crippen molar-refractivity contribution in [3.05, 3.63) is 12.4 Å². The predicted molar refractivity (Wildman–Crippen MR) is 77.3 cm³/mol. The molecule has 1 aliphatic rings. The molecule has 1 aromatic heterocycles. The molecule has 0 aliphatic carbocycles. The Morgan fingerprint density at radius 1 is 1.50 bits per heavy atom. The molecule has 2 heterocycles. The van der Waals surface area contributed by atoms with Crippen LogP contribution in [0.5, 0.6) is 0 Å². The van der Waals surface area contributed by atoms with Crippen molar-refractivity contribution in [3.63, 3.8) is 0 Å². The Labute approximate surface area is 122 Å². The Morgan fingerprint density at radius 2 is 2.25 bits per heavy atom. The fourth-order valence-electron chi connectivity index (χ4n) is 2.18. The number of carboxylic acid groups (broad SMARTS) is 1. The van der Waals surface area contributed by atoms with Gasteiger partial charge in [0.2, 0.25) is 0 Å². The maximum absolute atomic E-state index is 10.4. The van der Waals surface area contributed by atoms with Crippen molar-refractivity contribution in [1.82, 2.24) is 9.97 Å². The van der Waals surface area contributed by atoms with Crippen LogP contribution < -0.4 is 4.90 Å². The Balaban J connectivity index is 1.80. The molecular weight excluding hydrogens is 278 g/mol. The zero-order chi connectivity index (χ0) is 14.4. The second-order valence-corrected chi connectivity index (χ2v) is 5.45. The SMILES string of the molecule is CSc1cc(N2CCC(OCCC(=O)O)CC2)ncn1. The Hall–Kier alpha value is -1.34. The van der Waals surface area contributed by atoms with Gasteiger partial charge in [0.15, 0.2) is 0 Å². The molecule has 0 amide bonds. The van der Waals surface area contributed by atoms with Crippen molar-refractivity contribution in [3.8, 4) is 0 Å². The van der Waals surface area contributed by atoms with Gasteiger partial charge >= 0.3 is 5.97 Å². The van der Waals surface area contributed by atoms with Crippen molar-refractivity contribution in [2.45, 2.75) is 30.4 Å². The van der Waals surface area contributed by atoms with Crippen molar-refractivity contribution in [2.75, 3.05) is 30.9 Å². The molecule has 6 nitrogen and oxygen atoms in total. The van der Waals surface area contributed by atoms with E-state index >= 15 is 0 Å². The second kappa shape index (κ2) is 7.44. The molecule has 7 heteroatoms. The number of anilines is 1. The number of piperidine rings is 1. The summed E-state index contributed by atoms with van der Waals surface area (Å²) in [5.74, 6) is 0.140. The Bertz CT molecular complexity index is 450. The molecule has 2 rings (SSSR count). The average molecular weight is 297 g/mol. The Kier molecular flexibility index (Phi) is 5.60. The third-order valence-corrected chi connectivity index (χ3v) is 3.91. The highest BCUT2D eigenvalue weighted by molar-refractivity contribution is 7.98. The lowest BCUT2D eigenvalue weighted by molar-refractivity contribution is -0.138. The van der Waals surface area contributed by atoms with Gasteiger partial charge in [0.1, 0.15) is 17.2 Å². The van der Waals surface area contributed by atoms with Gasteiger partial charge < -0.3 is 14.7 Å². The third-order valence-electron chi connectivity index (χ3n) is 3.27. The molecule has 1 N–H and O–H groups in total. The lowest BCUT2D eigenvalue weighted by Crippen LogP contribution is -2.37. The van der Waals surface area contributed by atoms with E-state index in [1.165, 1.54) is 0 Å². The molecular formula is C13H19N3O3S. The maximum Gasteiger partial charge on any atom is 0.305 e. The summed E-state index contributed by atoms with van der Waals surface area (Å²) in [6, 6.07) is 2.00. The lowest BCUT2D eigenvalue weighted by atomic mass is 10.1. The fraction of sp³-hybridized carbons (Fsp3) is 0.615. The molecule has 0 radical (unpaired) electrons. The lowest BCUT2D eigenvalue weighted by Gasteiger charge is -2.32. The highest BCUT2D eigenvalue weighted by Crippen LogP contribution is 2.22. The molecule has 1 aliphatic heterocycles. The largest absolute Gasteiger partial charge is 0.481 e. The van der Waals surface area contributed by atoms with Gasteiger partial charge in [-0.2, -0.15) is 0 Å². The number of aliphatic carboxylic acids is 1. The predicted octanol–water partition coefficient (Wildman–Crippen LogP) is 1.66. The van der Waals surface area contributed by atoms with Gasteiger partial charge in [0.05, 0.1) is 19.1 Å². The van der Waals surface area contributed by atoms with Crippen molar-refractivity contribution < 1.29 is 14.6 Å². The van der Waals surface area contributed by atoms with Gasteiger partial charge in [-0.1, -0.05) is 0 Å². The monoisotopic (exact) mass is 297 g/mol. The number of rotatable bonds is 6. The zero-order valence-electron chi connectivity index (χ0n) is 11.5.